The van der Waals surface area contributed by atoms with Gasteiger partial charge in [0.05, 0.1) is 0 Å². The summed E-state index contributed by atoms with van der Waals surface area (Å²) in [5, 5.41) is 3.98. The number of hydrogen-bond acceptors (Lipinski definition) is 2. The summed E-state index contributed by atoms with van der Waals surface area (Å²) in [4.78, 5) is 2.67. The van der Waals surface area contributed by atoms with E-state index in [1.807, 2.05) is 0 Å². The largest absolute Gasteiger partial charge is 0.310 e. The number of nitrogens with zero attached hydrogens (tertiary/aromatic N) is 1. The van der Waals surface area contributed by atoms with Gasteiger partial charge in [0.15, 0.2) is 0 Å². The first-order valence-electron chi connectivity index (χ1n) is 8.79. The predicted molar refractivity (Wildman–Crippen MR) is 81.4 cm³/mol. The zero-order chi connectivity index (χ0) is 13.1. The lowest BCUT2D eigenvalue weighted by Gasteiger charge is -2.43. The Hall–Kier alpha value is -0.0800. The molecule has 2 saturated carbocycles. The summed E-state index contributed by atoms with van der Waals surface area (Å²) in [6, 6.07) is 2.50. The van der Waals surface area contributed by atoms with E-state index in [9.17, 15) is 0 Å². The molecule has 3 fully saturated rings. The first-order valence-corrected chi connectivity index (χ1v) is 8.79. The molecule has 0 aromatic rings. The summed E-state index contributed by atoms with van der Waals surface area (Å²) in [6.45, 7) is 1.29. The summed E-state index contributed by atoms with van der Waals surface area (Å²) >= 11 is 0. The number of nitrogens with one attached hydrogen (secondary N) is 1. The zero-order valence-electron chi connectivity index (χ0n) is 12.7. The molecule has 19 heavy (non-hydrogen) atoms. The third-order valence-corrected chi connectivity index (χ3v) is 5.95. The Morgan fingerprint density at radius 3 is 2.42 bits per heavy atom. The molecule has 1 aliphatic heterocycles. The highest BCUT2D eigenvalue weighted by molar-refractivity contribution is 4.90. The molecule has 2 nitrogen and oxygen atoms in total. The van der Waals surface area contributed by atoms with Gasteiger partial charge >= 0.3 is 0 Å². The zero-order valence-corrected chi connectivity index (χ0v) is 12.7. The van der Waals surface area contributed by atoms with E-state index in [1.54, 1.807) is 0 Å². The standard InChI is InChI=1S/C17H32N2/c1-19(16-8-3-2-4-9-16)13-15-12-11-14-7-5-6-10-17(14)18-15/h14-18H,2-13H2,1H3. The first-order chi connectivity index (χ1) is 9.33. The maximum atomic E-state index is 3.98. The van der Waals surface area contributed by atoms with Gasteiger partial charge in [-0.2, -0.15) is 0 Å². The Balaban J connectivity index is 1.47. The molecular weight excluding hydrogens is 232 g/mol. The summed E-state index contributed by atoms with van der Waals surface area (Å²) in [5.74, 6) is 1.00. The van der Waals surface area contributed by atoms with Crippen LogP contribution in [0.4, 0.5) is 0 Å². The summed E-state index contributed by atoms with van der Waals surface area (Å²) in [6.07, 6.45) is 16.0. The van der Waals surface area contributed by atoms with Gasteiger partial charge in [-0.15, -0.1) is 0 Å². The van der Waals surface area contributed by atoms with E-state index in [1.165, 1.54) is 77.2 Å². The lowest BCUT2D eigenvalue weighted by Crippen LogP contribution is -2.53. The van der Waals surface area contributed by atoms with Gasteiger partial charge in [0.25, 0.3) is 0 Å². The average Bonchev–Trinajstić information content (AvgIpc) is 2.48. The Morgan fingerprint density at radius 1 is 0.842 bits per heavy atom. The second-order valence-electron chi connectivity index (χ2n) is 7.32. The maximum Gasteiger partial charge on any atom is 0.0197 e. The summed E-state index contributed by atoms with van der Waals surface area (Å²) in [5.41, 5.74) is 0. The Morgan fingerprint density at radius 2 is 1.58 bits per heavy atom. The van der Waals surface area contributed by atoms with Crippen molar-refractivity contribution in [3.8, 4) is 0 Å². The van der Waals surface area contributed by atoms with Crippen LogP contribution in [0.1, 0.15) is 70.6 Å². The van der Waals surface area contributed by atoms with Gasteiger partial charge in [-0.3, -0.25) is 0 Å². The minimum absolute atomic E-state index is 0.770. The molecule has 110 valence electrons. The number of fused-ring (bicyclic) bond motifs is 1. The van der Waals surface area contributed by atoms with Crippen molar-refractivity contribution in [2.45, 2.75) is 88.8 Å². The van der Waals surface area contributed by atoms with Crippen LogP contribution in [0.3, 0.4) is 0 Å². The fourth-order valence-corrected chi connectivity index (χ4v) is 4.74. The highest BCUT2D eigenvalue weighted by Gasteiger charge is 2.32. The fourth-order valence-electron chi connectivity index (χ4n) is 4.74. The SMILES string of the molecule is CN(CC1CCC2CCCCC2N1)C1CCCCC1. The van der Waals surface area contributed by atoms with Gasteiger partial charge in [-0.25, -0.2) is 0 Å². The smallest absolute Gasteiger partial charge is 0.0197 e. The number of hydrogen-bond donors (Lipinski definition) is 1. The van der Waals surface area contributed by atoms with E-state index in [-0.39, 0.29) is 0 Å². The Bertz CT molecular complexity index is 272. The molecule has 0 radical (unpaired) electrons. The minimum Gasteiger partial charge on any atom is -0.310 e. The van der Waals surface area contributed by atoms with Gasteiger partial charge in [-0.05, 0) is 51.5 Å². The van der Waals surface area contributed by atoms with Crippen LogP contribution >= 0.6 is 0 Å². The van der Waals surface area contributed by atoms with E-state index < -0.39 is 0 Å². The molecule has 2 heteroatoms. The molecule has 0 aromatic heterocycles. The van der Waals surface area contributed by atoms with Gasteiger partial charge in [-0.1, -0.05) is 32.1 Å². The Kier molecular flexibility index (Phi) is 4.81. The van der Waals surface area contributed by atoms with Crippen LogP contribution in [0, 0.1) is 5.92 Å². The first kappa shape index (κ1) is 13.9. The van der Waals surface area contributed by atoms with E-state index in [0.29, 0.717) is 0 Å². The van der Waals surface area contributed by atoms with Crippen LogP contribution in [0.2, 0.25) is 0 Å². The van der Waals surface area contributed by atoms with Crippen LogP contribution in [-0.2, 0) is 0 Å². The van der Waals surface area contributed by atoms with Crippen LogP contribution in [0.5, 0.6) is 0 Å². The molecule has 3 rings (SSSR count). The van der Waals surface area contributed by atoms with Crippen molar-refractivity contribution in [1.29, 1.82) is 0 Å². The molecule has 0 amide bonds. The van der Waals surface area contributed by atoms with E-state index in [0.717, 1.165) is 24.0 Å². The Labute approximate surface area is 119 Å². The van der Waals surface area contributed by atoms with Crippen LogP contribution < -0.4 is 5.32 Å². The van der Waals surface area contributed by atoms with E-state index in [2.05, 4.69) is 17.3 Å². The summed E-state index contributed by atoms with van der Waals surface area (Å²) < 4.78 is 0. The maximum absolute atomic E-state index is 3.98. The van der Waals surface area contributed by atoms with Crippen molar-refractivity contribution < 1.29 is 0 Å². The van der Waals surface area contributed by atoms with Gasteiger partial charge < -0.3 is 10.2 Å². The quantitative estimate of drug-likeness (QED) is 0.838. The highest BCUT2D eigenvalue weighted by Crippen LogP contribution is 2.32. The molecule has 1 N–H and O–H groups in total. The third-order valence-electron chi connectivity index (χ3n) is 5.95. The lowest BCUT2D eigenvalue weighted by molar-refractivity contribution is 0.124. The van der Waals surface area contributed by atoms with Gasteiger partial charge in [0, 0.05) is 24.7 Å². The number of likely N-dealkylation sites (N-methyl/N-ethyl adjacent to an activating group) is 1. The topological polar surface area (TPSA) is 15.3 Å². The molecule has 3 atom stereocenters. The second-order valence-corrected chi connectivity index (χ2v) is 7.32. The highest BCUT2D eigenvalue weighted by atomic mass is 15.2. The number of rotatable bonds is 3. The molecule has 0 aromatic carbocycles. The van der Waals surface area contributed by atoms with Crippen LogP contribution in [-0.4, -0.2) is 36.6 Å². The van der Waals surface area contributed by atoms with Crippen molar-refractivity contribution in [3.05, 3.63) is 0 Å². The van der Waals surface area contributed by atoms with Crippen molar-refractivity contribution >= 4 is 0 Å². The molecule has 1 saturated heterocycles. The third kappa shape index (κ3) is 3.52. The second kappa shape index (κ2) is 6.58. The van der Waals surface area contributed by atoms with Crippen LogP contribution in [0.25, 0.3) is 0 Å². The summed E-state index contributed by atoms with van der Waals surface area (Å²) in [7, 11) is 2.37. The fraction of sp³-hybridized carbons (Fsp3) is 1.00. The molecule has 3 unspecified atom stereocenters. The van der Waals surface area contributed by atoms with Crippen molar-refractivity contribution in [1.82, 2.24) is 10.2 Å². The van der Waals surface area contributed by atoms with Gasteiger partial charge in [0.2, 0.25) is 0 Å². The molecular formula is C17H32N2. The van der Waals surface area contributed by atoms with Crippen molar-refractivity contribution in [3.63, 3.8) is 0 Å². The van der Waals surface area contributed by atoms with Crippen LogP contribution in [0.15, 0.2) is 0 Å². The predicted octanol–water partition coefficient (Wildman–Crippen LogP) is 3.56. The molecule has 3 aliphatic rings. The number of piperidine rings is 1. The van der Waals surface area contributed by atoms with E-state index >= 15 is 0 Å². The molecule has 2 aliphatic carbocycles. The van der Waals surface area contributed by atoms with E-state index in [4.69, 9.17) is 0 Å². The molecule has 0 bridgehead atoms. The normalized spacial score (nSPS) is 37.3. The monoisotopic (exact) mass is 264 g/mol. The van der Waals surface area contributed by atoms with Crippen molar-refractivity contribution in [2.24, 2.45) is 5.92 Å². The van der Waals surface area contributed by atoms with Gasteiger partial charge in [0.1, 0.15) is 0 Å². The van der Waals surface area contributed by atoms with Crippen molar-refractivity contribution in [2.75, 3.05) is 13.6 Å². The minimum atomic E-state index is 0.770. The molecule has 1 heterocycles. The average molecular weight is 264 g/mol. The molecule has 0 spiro atoms. The lowest BCUT2D eigenvalue weighted by atomic mass is 9.77.